The number of nitrogens with one attached hydrogen (secondary N) is 1. The number of hydrogen-bond acceptors (Lipinski definition) is 6. The molecule has 0 saturated carbocycles. The number of urea groups is 1. The molecule has 1 atom stereocenters. The first-order valence-electron chi connectivity index (χ1n) is 11.7. The van der Waals surface area contributed by atoms with Gasteiger partial charge in [-0.05, 0) is 56.2 Å². The Kier molecular flexibility index (Phi) is 7.33. The molecule has 3 aromatic rings. The number of ether oxygens (including phenoxy) is 2. The smallest absolute Gasteiger partial charge is 0.322 e. The Balaban J connectivity index is 1.76. The van der Waals surface area contributed by atoms with Crippen molar-refractivity contribution in [2.24, 2.45) is 0 Å². The third-order valence-corrected chi connectivity index (χ3v) is 5.92. The summed E-state index contributed by atoms with van der Waals surface area (Å²) in [5.74, 6) is 0.855. The molecule has 1 unspecified atom stereocenters. The van der Waals surface area contributed by atoms with Crippen LogP contribution in [0.15, 0.2) is 52.7 Å². The highest BCUT2D eigenvalue weighted by Gasteiger charge is 2.35. The Morgan fingerprint density at radius 3 is 2.60 bits per heavy atom. The second-order valence-corrected chi connectivity index (χ2v) is 8.16. The molecule has 2 aromatic carbocycles. The standard InChI is InChI=1S/C26H29FN4O4/c1-5-7-14-31-16(3)22(23(28-26(31)32)17-8-11-19(12-9-17)34-6-2)25-29-24(30-35-25)18-10-13-21(33-4)20(27)15-18/h8-13,15,23H,5-7,14H2,1-4H3,(H,28,32). The summed E-state index contributed by atoms with van der Waals surface area (Å²) in [5.41, 5.74) is 2.73. The fourth-order valence-electron chi connectivity index (χ4n) is 4.07. The quantitative estimate of drug-likeness (QED) is 0.430. The molecule has 1 aliphatic rings. The Morgan fingerprint density at radius 1 is 1.17 bits per heavy atom. The number of carbonyl (C=O) groups is 1. The van der Waals surface area contributed by atoms with E-state index in [4.69, 9.17) is 14.0 Å². The van der Waals surface area contributed by atoms with Gasteiger partial charge in [0.2, 0.25) is 5.82 Å². The molecule has 0 radical (unpaired) electrons. The maximum absolute atomic E-state index is 14.3. The second-order valence-electron chi connectivity index (χ2n) is 8.16. The van der Waals surface area contributed by atoms with E-state index in [1.165, 1.54) is 19.2 Å². The molecule has 8 nitrogen and oxygen atoms in total. The van der Waals surface area contributed by atoms with Gasteiger partial charge in [-0.1, -0.05) is 30.6 Å². The van der Waals surface area contributed by atoms with Crippen LogP contribution in [0, 0.1) is 5.82 Å². The van der Waals surface area contributed by atoms with E-state index < -0.39 is 11.9 Å². The van der Waals surface area contributed by atoms with Crippen LogP contribution in [0.25, 0.3) is 17.0 Å². The van der Waals surface area contributed by atoms with E-state index in [1.54, 1.807) is 11.0 Å². The van der Waals surface area contributed by atoms with Gasteiger partial charge in [0.25, 0.3) is 5.89 Å². The van der Waals surface area contributed by atoms with Gasteiger partial charge in [-0.2, -0.15) is 4.98 Å². The molecule has 1 aliphatic heterocycles. The van der Waals surface area contributed by atoms with Gasteiger partial charge in [0.15, 0.2) is 11.6 Å². The molecule has 2 amide bonds. The lowest BCUT2D eigenvalue weighted by Gasteiger charge is -2.35. The Bertz CT molecular complexity index is 1220. The van der Waals surface area contributed by atoms with Crippen molar-refractivity contribution in [3.05, 3.63) is 65.4 Å². The molecule has 0 spiro atoms. The van der Waals surface area contributed by atoms with E-state index >= 15 is 0 Å². The number of amides is 2. The number of rotatable bonds is 9. The maximum Gasteiger partial charge on any atom is 0.322 e. The highest BCUT2D eigenvalue weighted by Crippen LogP contribution is 2.38. The number of halogens is 1. The molecule has 4 rings (SSSR count). The van der Waals surface area contributed by atoms with Crippen molar-refractivity contribution in [2.45, 2.75) is 39.7 Å². The Labute approximate surface area is 203 Å². The molecular weight excluding hydrogens is 451 g/mol. The van der Waals surface area contributed by atoms with E-state index in [0.717, 1.165) is 29.9 Å². The van der Waals surface area contributed by atoms with Crippen molar-refractivity contribution >= 4 is 11.6 Å². The first kappa shape index (κ1) is 24.3. The fraction of sp³-hybridized carbons (Fsp3) is 0.346. The summed E-state index contributed by atoms with van der Waals surface area (Å²) in [6, 6.07) is 11.3. The number of nitrogens with zero attached hydrogens (tertiary/aromatic N) is 3. The highest BCUT2D eigenvalue weighted by atomic mass is 19.1. The molecule has 0 bridgehead atoms. The lowest BCUT2D eigenvalue weighted by molar-refractivity contribution is 0.204. The van der Waals surface area contributed by atoms with Crippen LogP contribution in [0.3, 0.4) is 0 Å². The minimum Gasteiger partial charge on any atom is -0.494 e. The van der Waals surface area contributed by atoms with Crippen molar-refractivity contribution in [1.29, 1.82) is 0 Å². The van der Waals surface area contributed by atoms with Crippen molar-refractivity contribution < 1.29 is 23.2 Å². The highest BCUT2D eigenvalue weighted by molar-refractivity contribution is 5.86. The number of methoxy groups -OCH3 is 1. The number of hydrogen-bond donors (Lipinski definition) is 1. The van der Waals surface area contributed by atoms with Crippen LogP contribution in [0.1, 0.15) is 51.1 Å². The predicted octanol–water partition coefficient (Wildman–Crippen LogP) is 5.58. The zero-order valence-corrected chi connectivity index (χ0v) is 20.3. The number of benzene rings is 2. The van der Waals surface area contributed by atoms with Gasteiger partial charge in [0.1, 0.15) is 5.75 Å². The van der Waals surface area contributed by atoms with E-state index in [2.05, 4.69) is 22.4 Å². The zero-order valence-electron chi connectivity index (χ0n) is 20.3. The number of aromatic nitrogens is 2. The van der Waals surface area contributed by atoms with E-state index in [0.29, 0.717) is 24.3 Å². The fourth-order valence-corrected chi connectivity index (χ4v) is 4.07. The summed E-state index contributed by atoms with van der Waals surface area (Å²) >= 11 is 0. The van der Waals surface area contributed by atoms with Crippen molar-refractivity contribution in [3.63, 3.8) is 0 Å². The summed E-state index contributed by atoms with van der Waals surface area (Å²) in [5, 5.41) is 7.17. The van der Waals surface area contributed by atoms with Crippen LogP contribution in [-0.4, -0.2) is 41.3 Å². The van der Waals surface area contributed by atoms with Crippen molar-refractivity contribution in [1.82, 2.24) is 20.4 Å². The van der Waals surface area contributed by atoms with E-state index in [9.17, 15) is 9.18 Å². The third kappa shape index (κ3) is 4.99. The summed E-state index contributed by atoms with van der Waals surface area (Å²) < 4.78 is 30.5. The number of allylic oxidation sites excluding steroid dienone is 1. The second kappa shape index (κ2) is 10.6. The van der Waals surface area contributed by atoms with Crippen molar-refractivity contribution in [3.8, 4) is 22.9 Å². The lowest BCUT2D eigenvalue weighted by Crippen LogP contribution is -2.46. The van der Waals surface area contributed by atoms with Gasteiger partial charge in [0.05, 0.1) is 25.3 Å². The Hall–Kier alpha value is -3.88. The Morgan fingerprint density at radius 2 is 1.94 bits per heavy atom. The largest absolute Gasteiger partial charge is 0.494 e. The van der Waals surface area contributed by atoms with Crippen molar-refractivity contribution in [2.75, 3.05) is 20.3 Å². The van der Waals surface area contributed by atoms with Crippen LogP contribution in [0.2, 0.25) is 0 Å². The van der Waals surface area contributed by atoms with Gasteiger partial charge in [-0.25, -0.2) is 9.18 Å². The van der Waals surface area contributed by atoms with Crippen LogP contribution in [0.5, 0.6) is 11.5 Å². The minimum absolute atomic E-state index is 0.133. The normalized spacial score (nSPS) is 15.9. The maximum atomic E-state index is 14.3. The average molecular weight is 481 g/mol. The molecule has 0 saturated heterocycles. The van der Waals surface area contributed by atoms with Gasteiger partial charge >= 0.3 is 6.03 Å². The average Bonchev–Trinajstić information content (AvgIpc) is 3.34. The van der Waals surface area contributed by atoms with E-state index in [-0.39, 0.29) is 23.5 Å². The van der Waals surface area contributed by atoms with Crippen LogP contribution in [-0.2, 0) is 0 Å². The SMILES string of the molecule is CCCCN1C(=O)NC(c2ccc(OCC)cc2)C(c2nc(-c3ccc(OC)c(F)c3)no2)=C1C. The molecule has 2 heterocycles. The van der Waals surface area contributed by atoms with Gasteiger partial charge in [0, 0.05) is 17.8 Å². The summed E-state index contributed by atoms with van der Waals surface area (Å²) in [4.78, 5) is 19.3. The monoisotopic (exact) mass is 480 g/mol. The first-order chi connectivity index (χ1) is 17.0. The summed E-state index contributed by atoms with van der Waals surface area (Å²) in [6.07, 6.45) is 1.80. The topological polar surface area (TPSA) is 89.7 Å². The molecular formula is C26H29FN4O4. The van der Waals surface area contributed by atoms with Gasteiger partial charge in [-0.3, -0.25) is 4.90 Å². The van der Waals surface area contributed by atoms with Crippen LogP contribution in [0.4, 0.5) is 9.18 Å². The molecule has 35 heavy (non-hydrogen) atoms. The number of carbonyl (C=O) groups excluding carboxylic acids is 1. The molecule has 1 aromatic heterocycles. The minimum atomic E-state index is -0.519. The predicted molar refractivity (Wildman–Crippen MR) is 129 cm³/mol. The summed E-state index contributed by atoms with van der Waals surface area (Å²) in [7, 11) is 1.41. The molecule has 0 aliphatic carbocycles. The van der Waals surface area contributed by atoms with Gasteiger partial charge < -0.3 is 19.3 Å². The summed E-state index contributed by atoms with van der Waals surface area (Å²) in [6.45, 7) is 7.00. The molecule has 184 valence electrons. The first-order valence-corrected chi connectivity index (χ1v) is 11.7. The molecule has 9 heteroatoms. The lowest BCUT2D eigenvalue weighted by atomic mass is 9.94. The third-order valence-electron chi connectivity index (χ3n) is 5.92. The van der Waals surface area contributed by atoms with E-state index in [1.807, 2.05) is 38.1 Å². The molecule has 1 N–H and O–H groups in total. The van der Waals surface area contributed by atoms with Gasteiger partial charge in [-0.15, -0.1) is 0 Å². The van der Waals surface area contributed by atoms with Crippen LogP contribution < -0.4 is 14.8 Å². The number of unbranched alkanes of at least 4 members (excludes halogenated alkanes) is 1. The van der Waals surface area contributed by atoms with Crippen LogP contribution >= 0.6 is 0 Å². The zero-order chi connectivity index (χ0) is 24.9. The molecule has 0 fully saturated rings.